The fourth-order valence-electron chi connectivity index (χ4n) is 3.36. The van der Waals surface area contributed by atoms with Crippen molar-refractivity contribution in [3.63, 3.8) is 0 Å². The molecule has 0 atom stereocenters. The van der Waals surface area contributed by atoms with Crippen molar-refractivity contribution in [2.45, 2.75) is 12.1 Å². The van der Waals surface area contributed by atoms with Crippen LogP contribution in [-0.4, -0.2) is 38.6 Å². The number of aromatic nitrogens is 3. The molecule has 0 unspecified atom stereocenters. The van der Waals surface area contributed by atoms with Crippen LogP contribution in [0.3, 0.4) is 0 Å². The normalized spacial score (nSPS) is 11.2. The van der Waals surface area contributed by atoms with E-state index in [1.807, 2.05) is 72.2 Å². The standard InChI is InChI=1S/C26H25N5O3S/c1-3-23(18-9-13-21(32)14-10-18)27-28-24(33)17-35-26-30-29-25(19-7-5-4-6-8-19)31(26)20-11-15-22(34-2)16-12-20/h3-16,27,32H,17H2,1-2H3,(H,28,33)/b23-3-. The molecule has 35 heavy (non-hydrogen) atoms. The maximum Gasteiger partial charge on any atom is 0.248 e. The van der Waals surface area contributed by atoms with Crippen molar-refractivity contribution < 1.29 is 14.6 Å². The van der Waals surface area contributed by atoms with Crippen LogP contribution in [0.1, 0.15) is 12.5 Å². The van der Waals surface area contributed by atoms with Gasteiger partial charge in [0.25, 0.3) is 0 Å². The molecule has 3 N–H and O–H groups in total. The van der Waals surface area contributed by atoms with Gasteiger partial charge in [-0.1, -0.05) is 48.2 Å². The summed E-state index contributed by atoms with van der Waals surface area (Å²) in [5.41, 5.74) is 8.99. The van der Waals surface area contributed by atoms with Crippen LogP contribution in [-0.2, 0) is 4.79 Å². The van der Waals surface area contributed by atoms with Gasteiger partial charge in [0, 0.05) is 11.3 Å². The van der Waals surface area contributed by atoms with E-state index in [4.69, 9.17) is 4.74 Å². The minimum absolute atomic E-state index is 0.128. The van der Waals surface area contributed by atoms with E-state index < -0.39 is 0 Å². The summed E-state index contributed by atoms with van der Waals surface area (Å²) in [6, 6.07) is 24.1. The number of hydrazine groups is 1. The summed E-state index contributed by atoms with van der Waals surface area (Å²) in [5.74, 6) is 1.51. The Morgan fingerprint density at radius 1 is 1.00 bits per heavy atom. The highest BCUT2D eigenvalue weighted by molar-refractivity contribution is 7.99. The number of carbonyl (C=O) groups is 1. The average molecular weight is 488 g/mol. The Morgan fingerprint density at radius 3 is 2.37 bits per heavy atom. The summed E-state index contributed by atoms with van der Waals surface area (Å²) >= 11 is 1.29. The third-order valence-corrected chi connectivity index (χ3v) is 6.06. The Balaban J connectivity index is 1.49. The zero-order valence-electron chi connectivity index (χ0n) is 19.3. The van der Waals surface area contributed by atoms with Crippen molar-refractivity contribution in [1.82, 2.24) is 25.6 Å². The summed E-state index contributed by atoms with van der Waals surface area (Å²) in [7, 11) is 1.62. The fourth-order valence-corrected chi connectivity index (χ4v) is 4.11. The van der Waals surface area contributed by atoms with Gasteiger partial charge in [0.2, 0.25) is 5.91 Å². The quantitative estimate of drug-likeness (QED) is 0.237. The number of aromatic hydroxyl groups is 1. The van der Waals surface area contributed by atoms with Crippen LogP contribution < -0.4 is 15.6 Å². The van der Waals surface area contributed by atoms with Crippen LogP contribution in [0.2, 0.25) is 0 Å². The molecule has 1 amide bonds. The van der Waals surface area contributed by atoms with Crippen LogP contribution >= 0.6 is 11.8 Å². The first-order valence-corrected chi connectivity index (χ1v) is 11.9. The van der Waals surface area contributed by atoms with E-state index in [1.54, 1.807) is 31.4 Å². The first-order valence-electron chi connectivity index (χ1n) is 10.9. The Labute approximate surface area is 207 Å². The van der Waals surface area contributed by atoms with E-state index in [0.29, 0.717) is 11.0 Å². The molecule has 178 valence electrons. The highest BCUT2D eigenvalue weighted by atomic mass is 32.2. The van der Waals surface area contributed by atoms with Crippen LogP contribution in [0.4, 0.5) is 0 Å². The molecule has 1 aromatic heterocycles. The predicted octanol–water partition coefficient (Wildman–Crippen LogP) is 4.42. The number of rotatable bonds is 9. The first-order chi connectivity index (χ1) is 17.1. The van der Waals surface area contributed by atoms with Gasteiger partial charge in [0.1, 0.15) is 11.5 Å². The number of phenols is 1. The summed E-state index contributed by atoms with van der Waals surface area (Å²) in [6.07, 6.45) is 1.84. The molecule has 0 fully saturated rings. The molecule has 9 heteroatoms. The Kier molecular flexibility index (Phi) is 7.69. The van der Waals surface area contributed by atoms with Crippen LogP contribution in [0.25, 0.3) is 22.8 Å². The number of carbonyl (C=O) groups excluding carboxylic acids is 1. The molecular formula is C26H25N5O3S. The Hall–Kier alpha value is -4.24. The van der Waals surface area contributed by atoms with Gasteiger partial charge in [-0.3, -0.25) is 20.2 Å². The predicted molar refractivity (Wildman–Crippen MR) is 137 cm³/mol. The monoisotopic (exact) mass is 487 g/mol. The number of methoxy groups -OCH3 is 1. The van der Waals surface area contributed by atoms with Crippen molar-refractivity contribution in [1.29, 1.82) is 0 Å². The third-order valence-electron chi connectivity index (χ3n) is 5.13. The van der Waals surface area contributed by atoms with E-state index in [0.717, 1.165) is 28.3 Å². The van der Waals surface area contributed by atoms with Gasteiger partial charge in [-0.2, -0.15) is 0 Å². The largest absolute Gasteiger partial charge is 0.508 e. The molecule has 0 saturated carbocycles. The number of hydrogen-bond donors (Lipinski definition) is 3. The first kappa shape index (κ1) is 23.9. The summed E-state index contributed by atoms with van der Waals surface area (Å²) in [5, 5.41) is 18.8. The Bertz CT molecular complexity index is 1300. The van der Waals surface area contributed by atoms with E-state index in [-0.39, 0.29) is 17.4 Å². The second-order valence-electron chi connectivity index (χ2n) is 7.42. The molecule has 0 radical (unpaired) electrons. The molecule has 0 aliphatic heterocycles. The van der Waals surface area contributed by atoms with Crippen molar-refractivity contribution in [2.24, 2.45) is 0 Å². The van der Waals surface area contributed by atoms with Crippen LogP contribution in [0, 0.1) is 0 Å². The minimum atomic E-state index is -0.223. The van der Waals surface area contributed by atoms with Crippen molar-refractivity contribution in [2.75, 3.05) is 12.9 Å². The number of allylic oxidation sites excluding steroid dienone is 1. The molecule has 4 rings (SSSR count). The Morgan fingerprint density at radius 2 is 1.71 bits per heavy atom. The van der Waals surface area contributed by atoms with Gasteiger partial charge in [-0.05, 0) is 61.0 Å². The molecule has 0 saturated heterocycles. The molecule has 0 bridgehead atoms. The number of hydrogen-bond acceptors (Lipinski definition) is 7. The van der Waals surface area contributed by atoms with Crippen LogP contribution in [0.5, 0.6) is 11.5 Å². The van der Waals surface area contributed by atoms with Crippen LogP contribution in [0.15, 0.2) is 90.1 Å². The maximum absolute atomic E-state index is 12.6. The number of thioether (sulfide) groups is 1. The summed E-state index contributed by atoms with van der Waals surface area (Å²) < 4.78 is 7.21. The zero-order valence-corrected chi connectivity index (χ0v) is 20.1. The van der Waals surface area contributed by atoms with E-state index in [1.165, 1.54) is 11.8 Å². The van der Waals surface area contributed by atoms with E-state index >= 15 is 0 Å². The smallest absolute Gasteiger partial charge is 0.248 e. The number of amides is 1. The minimum Gasteiger partial charge on any atom is -0.508 e. The number of nitrogens with one attached hydrogen (secondary N) is 2. The molecule has 8 nitrogen and oxygen atoms in total. The lowest BCUT2D eigenvalue weighted by molar-refractivity contribution is -0.119. The molecule has 4 aromatic rings. The second-order valence-corrected chi connectivity index (χ2v) is 8.36. The number of phenolic OH excluding ortho intramolecular Hbond substituents is 1. The van der Waals surface area contributed by atoms with E-state index in [9.17, 15) is 9.90 Å². The highest BCUT2D eigenvalue weighted by Crippen LogP contribution is 2.28. The van der Waals surface area contributed by atoms with Crippen molar-refractivity contribution in [3.05, 3.63) is 90.5 Å². The lowest BCUT2D eigenvalue weighted by atomic mass is 10.1. The fraction of sp³-hybridized carbons (Fsp3) is 0.115. The molecule has 0 aliphatic rings. The summed E-state index contributed by atoms with van der Waals surface area (Å²) in [6.45, 7) is 1.86. The topological polar surface area (TPSA) is 101 Å². The zero-order chi connectivity index (χ0) is 24.6. The SMILES string of the molecule is C/C=C(\NNC(=O)CSc1nnc(-c2ccccc2)n1-c1ccc(OC)cc1)c1ccc(O)cc1. The van der Waals surface area contributed by atoms with Crippen molar-refractivity contribution in [3.8, 4) is 28.6 Å². The van der Waals surface area contributed by atoms with Gasteiger partial charge >= 0.3 is 0 Å². The van der Waals surface area contributed by atoms with E-state index in [2.05, 4.69) is 21.0 Å². The number of benzene rings is 3. The van der Waals surface area contributed by atoms with Gasteiger partial charge in [0.05, 0.1) is 18.6 Å². The molecule has 1 heterocycles. The third kappa shape index (κ3) is 5.82. The van der Waals surface area contributed by atoms with Gasteiger partial charge < -0.3 is 9.84 Å². The maximum atomic E-state index is 12.6. The van der Waals surface area contributed by atoms with Gasteiger partial charge in [-0.25, -0.2) is 0 Å². The molecule has 0 spiro atoms. The number of nitrogens with zero attached hydrogens (tertiary/aromatic N) is 3. The highest BCUT2D eigenvalue weighted by Gasteiger charge is 2.17. The lowest BCUT2D eigenvalue weighted by Gasteiger charge is -2.13. The number of ether oxygens (including phenoxy) is 1. The summed E-state index contributed by atoms with van der Waals surface area (Å²) in [4.78, 5) is 12.6. The average Bonchev–Trinajstić information content (AvgIpc) is 3.33. The molecule has 0 aliphatic carbocycles. The van der Waals surface area contributed by atoms with Gasteiger partial charge in [-0.15, -0.1) is 10.2 Å². The van der Waals surface area contributed by atoms with Crippen molar-refractivity contribution >= 4 is 23.4 Å². The molecular weight excluding hydrogens is 462 g/mol. The lowest BCUT2D eigenvalue weighted by Crippen LogP contribution is -2.37. The second kappa shape index (κ2) is 11.3. The van der Waals surface area contributed by atoms with Gasteiger partial charge in [0.15, 0.2) is 11.0 Å². The molecule has 3 aromatic carbocycles.